The molecule has 1 aliphatic heterocycles. The molecule has 0 amide bonds. The average molecular weight is 382 g/mol. The van der Waals surface area contributed by atoms with Gasteiger partial charge in [0.05, 0.1) is 30.0 Å². The number of hydrogen-bond acceptors (Lipinski definition) is 6. The van der Waals surface area contributed by atoms with Crippen molar-refractivity contribution in [3.8, 4) is 5.75 Å². The van der Waals surface area contributed by atoms with Crippen LogP contribution in [0.2, 0.25) is 0 Å². The summed E-state index contributed by atoms with van der Waals surface area (Å²) in [7, 11) is 1.61. The van der Waals surface area contributed by atoms with Crippen molar-refractivity contribution in [2.45, 2.75) is 39.8 Å². The highest BCUT2D eigenvalue weighted by atomic mass is 16.5. The third-order valence-electron chi connectivity index (χ3n) is 5.76. The van der Waals surface area contributed by atoms with Crippen LogP contribution in [0.15, 0.2) is 33.8 Å². The summed E-state index contributed by atoms with van der Waals surface area (Å²) >= 11 is 0. The van der Waals surface area contributed by atoms with Gasteiger partial charge >= 0.3 is 0 Å². The topological polar surface area (TPSA) is 73.4 Å². The molecule has 2 aromatic heterocycles. The van der Waals surface area contributed by atoms with E-state index in [-0.39, 0.29) is 5.56 Å². The smallest absolute Gasteiger partial charge is 0.261 e. The van der Waals surface area contributed by atoms with Gasteiger partial charge in [-0.15, -0.1) is 0 Å². The summed E-state index contributed by atoms with van der Waals surface area (Å²) in [5.74, 6) is 2.10. The zero-order valence-electron chi connectivity index (χ0n) is 16.6. The Bertz CT molecular complexity index is 1010. The Morgan fingerprint density at radius 3 is 2.71 bits per heavy atom. The lowest BCUT2D eigenvalue weighted by molar-refractivity contribution is 0.165. The molecule has 148 valence electrons. The highest BCUT2D eigenvalue weighted by Crippen LogP contribution is 2.23. The monoisotopic (exact) mass is 382 g/mol. The van der Waals surface area contributed by atoms with Crippen LogP contribution < -0.4 is 10.3 Å². The Kier molecular flexibility index (Phi) is 5.17. The molecule has 0 aliphatic carbocycles. The van der Waals surface area contributed by atoms with Crippen LogP contribution in [0.1, 0.15) is 29.9 Å². The number of hydrogen-bond donors (Lipinski definition) is 0. The van der Waals surface area contributed by atoms with Crippen LogP contribution in [0.3, 0.4) is 0 Å². The maximum Gasteiger partial charge on any atom is 0.261 e. The molecule has 0 N–H and O–H groups in total. The van der Waals surface area contributed by atoms with Crippen molar-refractivity contribution in [1.82, 2.24) is 19.6 Å². The SMILES string of the molecule is COc1ccc2c(=O)n(CC3CCN(Cc4c(C)noc4C)CC3)cnc2c1. The van der Waals surface area contributed by atoms with E-state index in [4.69, 9.17) is 9.26 Å². The molecule has 1 aromatic carbocycles. The molecule has 1 fully saturated rings. The molecule has 7 nitrogen and oxygen atoms in total. The molecule has 4 rings (SSSR count). The van der Waals surface area contributed by atoms with Crippen molar-refractivity contribution in [3.05, 3.63) is 51.9 Å². The summed E-state index contributed by atoms with van der Waals surface area (Å²) in [4.78, 5) is 19.7. The lowest BCUT2D eigenvalue weighted by atomic mass is 9.96. The molecule has 0 unspecified atom stereocenters. The van der Waals surface area contributed by atoms with Crippen LogP contribution in [0.4, 0.5) is 0 Å². The quantitative estimate of drug-likeness (QED) is 0.676. The second kappa shape index (κ2) is 7.75. The average Bonchev–Trinajstić information content (AvgIpc) is 3.03. The lowest BCUT2D eigenvalue weighted by Crippen LogP contribution is -2.36. The van der Waals surface area contributed by atoms with E-state index in [9.17, 15) is 4.79 Å². The van der Waals surface area contributed by atoms with Crippen molar-refractivity contribution >= 4 is 10.9 Å². The standard InChI is InChI=1S/C21H26N4O3/c1-14-19(15(2)28-23-14)12-24-8-6-16(7-9-24)11-25-13-22-20-10-17(27-3)4-5-18(20)21(25)26/h4-5,10,13,16H,6-9,11-12H2,1-3H3. The third-order valence-corrected chi connectivity index (χ3v) is 5.76. The summed E-state index contributed by atoms with van der Waals surface area (Å²) in [6.45, 7) is 7.59. The van der Waals surface area contributed by atoms with Crippen LogP contribution >= 0.6 is 0 Å². The number of benzene rings is 1. The van der Waals surface area contributed by atoms with Gasteiger partial charge in [0.1, 0.15) is 11.5 Å². The first-order valence-electron chi connectivity index (χ1n) is 9.72. The van der Waals surface area contributed by atoms with Gasteiger partial charge in [0.2, 0.25) is 0 Å². The van der Waals surface area contributed by atoms with Crippen LogP contribution in [0.5, 0.6) is 5.75 Å². The Morgan fingerprint density at radius 1 is 1.25 bits per heavy atom. The summed E-state index contributed by atoms with van der Waals surface area (Å²) < 4.78 is 12.2. The number of likely N-dealkylation sites (tertiary alicyclic amines) is 1. The fourth-order valence-electron chi connectivity index (χ4n) is 3.95. The molecular formula is C21H26N4O3. The molecule has 0 spiro atoms. The van der Waals surface area contributed by atoms with Crippen LogP contribution in [0, 0.1) is 19.8 Å². The number of methoxy groups -OCH3 is 1. The van der Waals surface area contributed by atoms with Gasteiger partial charge in [-0.2, -0.15) is 0 Å². The largest absolute Gasteiger partial charge is 0.497 e. The number of aryl methyl sites for hydroxylation is 2. The number of piperidine rings is 1. The molecule has 0 saturated carbocycles. The van der Waals surface area contributed by atoms with Crippen molar-refractivity contribution < 1.29 is 9.26 Å². The fourth-order valence-corrected chi connectivity index (χ4v) is 3.95. The normalized spacial score (nSPS) is 16.0. The van der Waals surface area contributed by atoms with E-state index in [0.717, 1.165) is 43.9 Å². The highest BCUT2D eigenvalue weighted by Gasteiger charge is 2.22. The zero-order valence-corrected chi connectivity index (χ0v) is 16.6. The van der Waals surface area contributed by atoms with E-state index >= 15 is 0 Å². The van der Waals surface area contributed by atoms with Gasteiger partial charge in [-0.1, -0.05) is 5.16 Å². The van der Waals surface area contributed by atoms with Gasteiger partial charge in [-0.3, -0.25) is 14.3 Å². The van der Waals surface area contributed by atoms with Gasteiger partial charge < -0.3 is 9.26 Å². The maximum absolute atomic E-state index is 12.8. The fraction of sp³-hybridized carbons (Fsp3) is 0.476. The number of aromatic nitrogens is 3. The number of fused-ring (bicyclic) bond motifs is 1. The predicted molar refractivity (Wildman–Crippen MR) is 107 cm³/mol. The first kappa shape index (κ1) is 18.7. The first-order valence-corrected chi connectivity index (χ1v) is 9.72. The molecule has 3 aromatic rings. The Hall–Kier alpha value is -2.67. The summed E-state index contributed by atoms with van der Waals surface area (Å²) in [5, 5.41) is 4.68. The molecule has 0 atom stereocenters. The molecule has 3 heterocycles. The van der Waals surface area contributed by atoms with Crippen molar-refractivity contribution in [2.24, 2.45) is 5.92 Å². The molecule has 1 saturated heterocycles. The number of ether oxygens (including phenoxy) is 1. The Balaban J connectivity index is 1.41. The van der Waals surface area contributed by atoms with Crippen molar-refractivity contribution in [3.63, 3.8) is 0 Å². The zero-order chi connectivity index (χ0) is 19.7. The van der Waals surface area contributed by atoms with Gasteiger partial charge in [-0.25, -0.2) is 4.98 Å². The predicted octanol–water partition coefficient (Wildman–Crippen LogP) is 2.92. The molecule has 1 aliphatic rings. The van der Waals surface area contributed by atoms with E-state index in [2.05, 4.69) is 15.0 Å². The Labute approximate surface area is 163 Å². The summed E-state index contributed by atoms with van der Waals surface area (Å²) in [6.07, 6.45) is 3.80. The first-order chi connectivity index (χ1) is 13.5. The molecule has 0 radical (unpaired) electrons. The van der Waals surface area contributed by atoms with Gasteiger partial charge in [0.25, 0.3) is 5.56 Å². The minimum atomic E-state index is 0.0193. The van der Waals surface area contributed by atoms with E-state index < -0.39 is 0 Å². The molecular weight excluding hydrogens is 356 g/mol. The van der Waals surface area contributed by atoms with E-state index in [0.29, 0.717) is 29.1 Å². The molecule has 28 heavy (non-hydrogen) atoms. The Morgan fingerprint density at radius 2 is 2.04 bits per heavy atom. The van der Waals surface area contributed by atoms with E-state index in [1.54, 1.807) is 30.1 Å². The number of nitrogens with zero attached hydrogens (tertiary/aromatic N) is 4. The van der Waals surface area contributed by atoms with Gasteiger partial charge in [0.15, 0.2) is 0 Å². The number of rotatable bonds is 5. The second-order valence-corrected chi connectivity index (χ2v) is 7.61. The van der Waals surface area contributed by atoms with E-state index in [1.807, 2.05) is 19.9 Å². The minimum Gasteiger partial charge on any atom is -0.497 e. The van der Waals surface area contributed by atoms with Crippen molar-refractivity contribution in [1.29, 1.82) is 0 Å². The highest BCUT2D eigenvalue weighted by molar-refractivity contribution is 5.78. The van der Waals surface area contributed by atoms with Gasteiger partial charge in [0, 0.05) is 24.7 Å². The third kappa shape index (κ3) is 3.67. The maximum atomic E-state index is 12.8. The minimum absolute atomic E-state index is 0.0193. The summed E-state index contributed by atoms with van der Waals surface area (Å²) in [5.41, 5.74) is 2.87. The lowest BCUT2D eigenvalue weighted by Gasteiger charge is -2.32. The summed E-state index contributed by atoms with van der Waals surface area (Å²) in [6, 6.07) is 5.41. The molecule has 7 heteroatoms. The van der Waals surface area contributed by atoms with Crippen LogP contribution in [-0.4, -0.2) is 39.8 Å². The molecule has 0 bridgehead atoms. The second-order valence-electron chi connectivity index (χ2n) is 7.61. The van der Waals surface area contributed by atoms with E-state index in [1.165, 1.54) is 5.56 Å². The van der Waals surface area contributed by atoms with Crippen LogP contribution in [0.25, 0.3) is 10.9 Å². The van der Waals surface area contributed by atoms with Crippen LogP contribution in [-0.2, 0) is 13.1 Å². The van der Waals surface area contributed by atoms with Gasteiger partial charge in [-0.05, 0) is 57.8 Å². The van der Waals surface area contributed by atoms with Crippen molar-refractivity contribution in [2.75, 3.05) is 20.2 Å².